The van der Waals surface area contributed by atoms with E-state index in [0.29, 0.717) is 17.9 Å². The third-order valence-corrected chi connectivity index (χ3v) is 6.47. The first-order valence-electron chi connectivity index (χ1n) is 12.3. The second-order valence-electron chi connectivity index (χ2n) is 9.55. The summed E-state index contributed by atoms with van der Waals surface area (Å²) in [6.07, 6.45) is -2.75. The average molecular weight is 535 g/mol. The molecule has 2 amide bonds. The van der Waals surface area contributed by atoms with Gasteiger partial charge in [-0.1, -0.05) is 35.9 Å². The fraction of sp³-hybridized carbons (Fsp3) is 0.207. The number of benzene rings is 3. The van der Waals surface area contributed by atoms with Crippen molar-refractivity contribution < 1.29 is 27.9 Å². The smallest absolute Gasteiger partial charge is 0.416 e. The van der Waals surface area contributed by atoms with Crippen molar-refractivity contribution >= 4 is 17.6 Å². The Hall–Kier alpha value is -4.60. The Balaban J connectivity index is 1.37. The monoisotopic (exact) mass is 534 g/mol. The van der Waals surface area contributed by atoms with Crippen LogP contribution in [-0.2, 0) is 12.7 Å². The van der Waals surface area contributed by atoms with E-state index in [1.165, 1.54) is 28.9 Å². The lowest BCUT2D eigenvalue weighted by atomic mass is 10.1. The molecular formula is C29H25F3N4O3. The highest BCUT2D eigenvalue weighted by molar-refractivity contribution is 6.04. The molecular weight excluding hydrogens is 509 g/mol. The van der Waals surface area contributed by atoms with E-state index in [-0.39, 0.29) is 28.5 Å². The minimum atomic E-state index is -4.58. The maximum Gasteiger partial charge on any atom is 0.416 e. The summed E-state index contributed by atoms with van der Waals surface area (Å²) in [5, 5.41) is 20.4. The predicted molar refractivity (Wildman–Crippen MR) is 140 cm³/mol. The highest BCUT2D eigenvalue weighted by Crippen LogP contribution is 2.42. The Morgan fingerprint density at radius 3 is 2.46 bits per heavy atom. The number of amides is 2. The van der Waals surface area contributed by atoms with Crippen molar-refractivity contribution in [1.82, 2.24) is 15.1 Å². The molecule has 0 atom stereocenters. The number of nitrogens with zero attached hydrogens (tertiary/aromatic N) is 2. The number of alkyl halides is 3. The molecule has 1 saturated carbocycles. The van der Waals surface area contributed by atoms with Crippen molar-refractivity contribution in [3.05, 3.63) is 101 Å². The number of aryl methyl sites for hydroxylation is 1. The van der Waals surface area contributed by atoms with Gasteiger partial charge in [-0.2, -0.15) is 23.0 Å². The average Bonchev–Trinajstić information content (AvgIpc) is 3.67. The van der Waals surface area contributed by atoms with E-state index in [1.54, 1.807) is 6.07 Å². The molecule has 7 nitrogen and oxygen atoms in total. The Morgan fingerprint density at radius 2 is 1.77 bits per heavy atom. The van der Waals surface area contributed by atoms with Gasteiger partial charge in [0.15, 0.2) is 0 Å². The van der Waals surface area contributed by atoms with E-state index in [1.807, 2.05) is 31.2 Å². The van der Waals surface area contributed by atoms with Gasteiger partial charge in [-0.25, -0.2) is 4.79 Å². The van der Waals surface area contributed by atoms with E-state index in [0.717, 1.165) is 42.2 Å². The van der Waals surface area contributed by atoms with Gasteiger partial charge >= 0.3 is 12.2 Å². The number of rotatable bonds is 6. The van der Waals surface area contributed by atoms with Crippen LogP contribution < -0.4 is 10.6 Å². The molecule has 200 valence electrons. The molecule has 1 aliphatic carbocycles. The summed E-state index contributed by atoms with van der Waals surface area (Å²) in [6, 6.07) is 17.5. The lowest BCUT2D eigenvalue weighted by molar-refractivity contribution is -0.137. The third-order valence-electron chi connectivity index (χ3n) is 6.47. The van der Waals surface area contributed by atoms with Crippen molar-refractivity contribution in [2.24, 2.45) is 0 Å². The highest BCUT2D eigenvalue weighted by atomic mass is 19.4. The molecule has 1 aromatic heterocycles. The summed E-state index contributed by atoms with van der Waals surface area (Å²) in [5.41, 5.74) is 2.52. The number of phenols is 1. The topological polar surface area (TPSA) is 96.3 Å². The number of hydrogen-bond donors (Lipinski definition) is 3. The molecule has 0 unspecified atom stereocenters. The minimum Gasteiger partial charge on any atom is -0.507 e. The SMILES string of the molecule is Cc1ccc(CNC(=O)n2nc(-c3cc(NC(=O)c4cccc(C(F)(F)F)c4)ccc3O)cc2C2CC2)cc1. The quantitative estimate of drug-likeness (QED) is 0.247. The molecule has 1 fully saturated rings. The molecule has 0 radical (unpaired) electrons. The number of carbonyl (C=O) groups is 2. The summed E-state index contributed by atoms with van der Waals surface area (Å²) in [6.45, 7) is 2.30. The molecule has 39 heavy (non-hydrogen) atoms. The van der Waals surface area contributed by atoms with Gasteiger partial charge in [0, 0.05) is 29.3 Å². The van der Waals surface area contributed by atoms with E-state index in [4.69, 9.17) is 0 Å². The van der Waals surface area contributed by atoms with Crippen molar-refractivity contribution in [2.75, 3.05) is 5.32 Å². The number of carbonyl (C=O) groups excluding carboxylic acids is 2. The summed E-state index contributed by atoms with van der Waals surface area (Å²) in [5.74, 6) is -0.695. The first-order chi connectivity index (χ1) is 18.6. The van der Waals surface area contributed by atoms with Crippen LogP contribution in [0.5, 0.6) is 5.75 Å². The van der Waals surface area contributed by atoms with Gasteiger partial charge in [0.2, 0.25) is 0 Å². The Labute approximate surface area is 222 Å². The number of hydrogen-bond acceptors (Lipinski definition) is 4. The van der Waals surface area contributed by atoms with Crippen LogP contribution in [0.1, 0.15) is 51.5 Å². The molecule has 4 aromatic rings. The van der Waals surface area contributed by atoms with Gasteiger partial charge in [-0.15, -0.1) is 0 Å². The zero-order valence-electron chi connectivity index (χ0n) is 20.9. The van der Waals surface area contributed by atoms with E-state index in [2.05, 4.69) is 15.7 Å². The maximum atomic E-state index is 13.0. The van der Waals surface area contributed by atoms with Crippen molar-refractivity contribution in [3.8, 4) is 17.0 Å². The first kappa shape index (κ1) is 26.0. The van der Waals surface area contributed by atoms with Crippen LogP contribution in [0.15, 0.2) is 72.8 Å². The number of aromatic nitrogens is 2. The molecule has 10 heteroatoms. The van der Waals surface area contributed by atoms with Crippen molar-refractivity contribution in [3.63, 3.8) is 0 Å². The fourth-order valence-electron chi connectivity index (χ4n) is 4.18. The second kappa shape index (κ2) is 10.3. The van der Waals surface area contributed by atoms with E-state index >= 15 is 0 Å². The lowest BCUT2D eigenvalue weighted by Gasteiger charge is -2.10. The molecule has 1 heterocycles. The van der Waals surface area contributed by atoms with Gasteiger partial charge in [0.1, 0.15) is 5.75 Å². The summed E-state index contributed by atoms with van der Waals surface area (Å²) in [7, 11) is 0. The zero-order valence-corrected chi connectivity index (χ0v) is 20.9. The van der Waals surface area contributed by atoms with Crippen molar-refractivity contribution in [1.29, 1.82) is 0 Å². The van der Waals surface area contributed by atoms with E-state index < -0.39 is 23.7 Å². The third kappa shape index (κ3) is 5.95. The van der Waals surface area contributed by atoms with Gasteiger partial charge < -0.3 is 15.7 Å². The molecule has 0 spiro atoms. The highest BCUT2D eigenvalue weighted by Gasteiger charge is 2.32. The molecule has 1 aliphatic rings. The lowest BCUT2D eigenvalue weighted by Crippen LogP contribution is -2.30. The van der Waals surface area contributed by atoms with Gasteiger partial charge in [0.25, 0.3) is 5.91 Å². The molecule has 0 aliphatic heterocycles. The minimum absolute atomic E-state index is 0.126. The van der Waals surface area contributed by atoms with Gasteiger partial charge in [-0.05, 0) is 67.8 Å². The molecule has 3 aromatic carbocycles. The number of halogens is 3. The molecule has 0 bridgehead atoms. The maximum absolute atomic E-state index is 13.0. The number of phenolic OH excluding ortho intramolecular Hbond substituents is 1. The van der Waals surface area contributed by atoms with Crippen LogP contribution in [0.25, 0.3) is 11.3 Å². The standard InChI is InChI=1S/C29H25F3N4O3/c1-17-5-7-18(8-6-17)16-33-28(39)36-25(19-9-10-19)15-24(35-36)23-14-22(11-12-26(23)37)34-27(38)20-3-2-4-21(13-20)29(30,31)32/h2-8,11-15,19,37H,9-10,16H2,1H3,(H,33,39)(H,34,38). The van der Waals surface area contributed by atoms with Crippen LogP contribution in [0, 0.1) is 6.92 Å². The normalized spacial score (nSPS) is 13.2. The van der Waals surface area contributed by atoms with Gasteiger partial charge in [-0.3, -0.25) is 4.79 Å². The Bertz CT molecular complexity index is 1540. The summed E-state index contributed by atoms with van der Waals surface area (Å²) in [4.78, 5) is 25.7. The predicted octanol–water partition coefficient (Wildman–Crippen LogP) is 6.47. The molecule has 5 rings (SSSR count). The van der Waals surface area contributed by atoms with Crippen LogP contribution in [-0.4, -0.2) is 26.8 Å². The Kier molecular flexibility index (Phi) is 6.86. The number of anilines is 1. The van der Waals surface area contributed by atoms with E-state index in [9.17, 15) is 27.9 Å². The van der Waals surface area contributed by atoms with Crippen LogP contribution in [0.3, 0.4) is 0 Å². The fourth-order valence-corrected chi connectivity index (χ4v) is 4.18. The number of nitrogens with one attached hydrogen (secondary N) is 2. The summed E-state index contributed by atoms with van der Waals surface area (Å²) < 4.78 is 40.4. The summed E-state index contributed by atoms with van der Waals surface area (Å²) >= 11 is 0. The number of aromatic hydroxyl groups is 1. The van der Waals surface area contributed by atoms with Crippen LogP contribution in [0.2, 0.25) is 0 Å². The zero-order chi connectivity index (χ0) is 27.7. The van der Waals surface area contributed by atoms with Gasteiger partial charge in [0.05, 0.1) is 17.0 Å². The van der Waals surface area contributed by atoms with Crippen LogP contribution >= 0.6 is 0 Å². The molecule has 0 saturated heterocycles. The first-order valence-corrected chi connectivity index (χ1v) is 12.3. The largest absolute Gasteiger partial charge is 0.507 e. The van der Waals surface area contributed by atoms with Crippen LogP contribution in [0.4, 0.5) is 23.7 Å². The second-order valence-corrected chi connectivity index (χ2v) is 9.55. The molecule has 3 N–H and O–H groups in total. The Morgan fingerprint density at radius 1 is 1.03 bits per heavy atom. The van der Waals surface area contributed by atoms with Crippen molar-refractivity contribution in [2.45, 2.75) is 38.4 Å².